The quantitative estimate of drug-likeness (QED) is 0.174. The lowest BCUT2D eigenvalue weighted by Gasteiger charge is -2.26. The highest BCUT2D eigenvalue weighted by Gasteiger charge is 2.26. The van der Waals surface area contributed by atoms with E-state index in [1.807, 2.05) is 52.0 Å². The van der Waals surface area contributed by atoms with Crippen molar-refractivity contribution in [3.05, 3.63) is 141 Å². The molecule has 4 aromatic carbocycles. The third-order valence-electron chi connectivity index (χ3n) is 10.5. The molecule has 0 aliphatic carbocycles. The third kappa shape index (κ3) is 11.3. The molecule has 0 spiro atoms. The number of hydrogen-bond donors (Lipinski definition) is 2. The minimum atomic E-state index is -0.143. The van der Waals surface area contributed by atoms with E-state index in [1.54, 1.807) is 24.3 Å². The molecule has 0 amide bonds. The number of likely N-dealkylation sites (N-methyl/N-ethyl adjacent to an activating group) is 2. The average molecular weight is 779 g/mol. The van der Waals surface area contributed by atoms with Gasteiger partial charge in [0.25, 0.3) is 0 Å². The lowest BCUT2D eigenvalue weighted by Crippen LogP contribution is -2.28. The molecule has 304 valence electrons. The molecule has 0 radical (unpaired) electrons. The smallest absolute Gasteiger partial charge is 0.129 e. The summed E-state index contributed by atoms with van der Waals surface area (Å²) in [5.41, 5.74) is 7.42. The molecule has 56 heavy (non-hydrogen) atoms. The summed E-state index contributed by atoms with van der Waals surface area (Å²) < 4.78 is 76.3. The van der Waals surface area contributed by atoms with E-state index >= 15 is 0 Å². The van der Waals surface area contributed by atoms with Gasteiger partial charge in [0.1, 0.15) is 23.3 Å². The number of hydrogen-bond acceptors (Lipinski definition) is 6. The Hall–Kier alpha value is -3.64. The Morgan fingerprint density at radius 1 is 0.429 bits per heavy atom. The first-order chi connectivity index (χ1) is 27.3. The Labute approximate surface area is 330 Å². The van der Waals surface area contributed by atoms with E-state index in [0.717, 1.165) is 109 Å². The highest BCUT2D eigenvalue weighted by molar-refractivity contribution is 5.35. The van der Waals surface area contributed by atoms with Gasteiger partial charge in [-0.1, -0.05) is 76.2 Å². The SMILES string of the molecule is CCNC[C@@H]1OCCc2cccc(F)c21.CCNC[C@H]1OCCc2cccc(F)c21.CC[C@@H]1OCCc2cccc(F)c21.CC[C@H]1OCCc2cccc(F)c21. The van der Waals surface area contributed by atoms with Crippen molar-refractivity contribution in [3.63, 3.8) is 0 Å². The van der Waals surface area contributed by atoms with Crippen LogP contribution in [0.5, 0.6) is 0 Å². The zero-order valence-electron chi connectivity index (χ0n) is 33.3. The molecular weight excluding hydrogens is 721 g/mol. The number of halogens is 4. The van der Waals surface area contributed by atoms with Crippen molar-refractivity contribution in [3.8, 4) is 0 Å². The van der Waals surface area contributed by atoms with Crippen molar-refractivity contribution in [1.82, 2.24) is 10.6 Å². The standard InChI is InChI=1S/2C12H16FNO.2C11H13FO/c2*1-2-14-8-11-12-9(6-7-15-11)4-3-5-10(12)13;2*1-2-10-11-8(6-7-13-10)4-3-5-9(11)12/h2*3-5,11,14H,2,6-8H2,1H3;2*3-5,10H,2,6-7H2,1H3/t2*11-;2*10-/m1010/s1. The first-order valence-corrected chi connectivity index (χ1v) is 20.3. The van der Waals surface area contributed by atoms with Crippen LogP contribution in [0.25, 0.3) is 0 Å². The number of rotatable bonds is 8. The van der Waals surface area contributed by atoms with Crippen LogP contribution >= 0.6 is 0 Å². The van der Waals surface area contributed by atoms with Crippen LogP contribution < -0.4 is 10.6 Å². The summed E-state index contributed by atoms with van der Waals surface area (Å²) in [6.45, 7) is 14.0. The lowest BCUT2D eigenvalue weighted by atomic mass is 9.96. The molecule has 6 nitrogen and oxygen atoms in total. The first kappa shape index (κ1) is 43.5. The summed E-state index contributed by atoms with van der Waals surface area (Å²) in [6, 6.07) is 21.1. The summed E-state index contributed by atoms with van der Waals surface area (Å²) in [6.07, 6.45) is 4.65. The number of fused-ring (bicyclic) bond motifs is 4. The molecule has 8 rings (SSSR count). The zero-order chi connectivity index (χ0) is 39.9. The van der Waals surface area contributed by atoms with Crippen LogP contribution in [0.3, 0.4) is 0 Å². The van der Waals surface area contributed by atoms with Gasteiger partial charge in [0, 0.05) is 35.3 Å². The van der Waals surface area contributed by atoms with E-state index in [-0.39, 0.29) is 47.7 Å². The summed E-state index contributed by atoms with van der Waals surface area (Å²) in [5, 5.41) is 6.39. The monoisotopic (exact) mass is 778 g/mol. The van der Waals surface area contributed by atoms with E-state index < -0.39 is 0 Å². The van der Waals surface area contributed by atoms with E-state index in [1.165, 1.54) is 24.3 Å². The second-order valence-electron chi connectivity index (χ2n) is 14.1. The number of benzene rings is 4. The van der Waals surface area contributed by atoms with Crippen LogP contribution in [0.1, 0.15) is 109 Å². The maximum absolute atomic E-state index is 13.6. The normalized spacial score (nSPS) is 20.6. The van der Waals surface area contributed by atoms with Crippen molar-refractivity contribution in [2.45, 2.75) is 90.6 Å². The molecule has 0 bridgehead atoms. The minimum Gasteiger partial charge on any atom is -0.373 e. The molecule has 2 N–H and O–H groups in total. The van der Waals surface area contributed by atoms with Crippen molar-refractivity contribution >= 4 is 0 Å². The molecular formula is C46H58F4N2O4. The minimum absolute atomic E-state index is 0.0371. The van der Waals surface area contributed by atoms with Gasteiger partial charge < -0.3 is 29.6 Å². The average Bonchev–Trinajstić information content (AvgIpc) is 3.22. The molecule has 0 saturated heterocycles. The Morgan fingerprint density at radius 2 is 0.696 bits per heavy atom. The molecule has 4 atom stereocenters. The summed E-state index contributed by atoms with van der Waals surface area (Å²) in [4.78, 5) is 0. The summed E-state index contributed by atoms with van der Waals surface area (Å²) in [5.74, 6) is -0.529. The Kier molecular flexibility index (Phi) is 17.3. The topological polar surface area (TPSA) is 61.0 Å². The van der Waals surface area contributed by atoms with Gasteiger partial charge in [0.05, 0.1) is 50.8 Å². The van der Waals surface area contributed by atoms with Crippen LogP contribution in [0.15, 0.2) is 72.8 Å². The van der Waals surface area contributed by atoms with Crippen LogP contribution in [-0.4, -0.2) is 52.6 Å². The summed E-state index contributed by atoms with van der Waals surface area (Å²) in [7, 11) is 0. The molecule has 0 aromatic heterocycles. The predicted octanol–water partition coefficient (Wildman–Crippen LogP) is 9.80. The molecule has 10 heteroatoms. The Bertz CT molecular complexity index is 1690. The molecule has 4 heterocycles. The second kappa shape index (κ2) is 22.3. The van der Waals surface area contributed by atoms with E-state index in [9.17, 15) is 17.6 Å². The number of ether oxygens (including phenoxy) is 4. The molecule has 0 saturated carbocycles. The molecule has 0 unspecified atom stereocenters. The third-order valence-corrected chi connectivity index (χ3v) is 10.5. The Morgan fingerprint density at radius 3 is 0.964 bits per heavy atom. The van der Waals surface area contributed by atoms with Gasteiger partial charge in [-0.3, -0.25) is 0 Å². The van der Waals surface area contributed by atoms with Crippen molar-refractivity contribution in [2.24, 2.45) is 0 Å². The van der Waals surface area contributed by atoms with Gasteiger partial charge in [0.2, 0.25) is 0 Å². The van der Waals surface area contributed by atoms with Gasteiger partial charge in [-0.05, 0) is 98.1 Å². The Balaban J connectivity index is 0.000000143. The van der Waals surface area contributed by atoms with E-state index in [0.29, 0.717) is 26.3 Å². The lowest BCUT2D eigenvalue weighted by molar-refractivity contribution is 0.0369. The van der Waals surface area contributed by atoms with Crippen molar-refractivity contribution in [1.29, 1.82) is 0 Å². The van der Waals surface area contributed by atoms with Gasteiger partial charge in [-0.25, -0.2) is 17.6 Å². The van der Waals surface area contributed by atoms with E-state index in [2.05, 4.69) is 10.6 Å². The fraction of sp³-hybridized carbons (Fsp3) is 0.478. The van der Waals surface area contributed by atoms with Gasteiger partial charge >= 0.3 is 0 Å². The highest BCUT2D eigenvalue weighted by Crippen LogP contribution is 2.33. The maximum atomic E-state index is 13.6. The second-order valence-corrected chi connectivity index (χ2v) is 14.1. The van der Waals surface area contributed by atoms with Crippen molar-refractivity contribution in [2.75, 3.05) is 52.6 Å². The van der Waals surface area contributed by atoms with Crippen LogP contribution in [0.4, 0.5) is 17.6 Å². The summed E-state index contributed by atoms with van der Waals surface area (Å²) >= 11 is 0. The van der Waals surface area contributed by atoms with Crippen LogP contribution in [0.2, 0.25) is 0 Å². The highest BCUT2D eigenvalue weighted by atomic mass is 19.1. The first-order valence-electron chi connectivity index (χ1n) is 20.3. The maximum Gasteiger partial charge on any atom is 0.129 e. The largest absolute Gasteiger partial charge is 0.373 e. The molecule has 0 fully saturated rings. The van der Waals surface area contributed by atoms with Gasteiger partial charge in [0.15, 0.2) is 0 Å². The van der Waals surface area contributed by atoms with Gasteiger partial charge in [-0.15, -0.1) is 0 Å². The van der Waals surface area contributed by atoms with Crippen LogP contribution in [-0.2, 0) is 44.6 Å². The van der Waals surface area contributed by atoms with Crippen LogP contribution in [0, 0.1) is 23.3 Å². The molecule has 4 aliphatic rings. The van der Waals surface area contributed by atoms with Gasteiger partial charge in [-0.2, -0.15) is 0 Å². The molecule has 4 aliphatic heterocycles. The predicted molar refractivity (Wildman–Crippen MR) is 213 cm³/mol. The molecule has 4 aromatic rings. The zero-order valence-corrected chi connectivity index (χ0v) is 33.3. The van der Waals surface area contributed by atoms with E-state index in [4.69, 9.17) is 18.9 Å². The number of nitrogens with one attached hydrogen (secondary N) is 2. The fourth-order valence-corrected chi connectivity index (χ4v) is 7.74. The van der Waals surface area contributed by atoms with Crippen molar-refractivity contribution < 1.29 is 36.5 Å². The fourth-order valence-electron chi connectivity index (χ4n) is 7.74.